The van der Waals surface area contributed by atoms with E-state index in [2.05, 4.69) is 0 Å². The zero-order chi connectivity index (χ0) is 7.65. The summed E-state index contributed by atoms with van der Waals surface area (Å²) in [5, 5.41) is 0. The SMILES string of the molecule is O=S(=O)([O-])C(I)=C(F)F. The topological polar surface area (TPSA) is 57.2 Å². The second kappa shape index (κ2) is 2.88. The van der Waals surface area contributed by atoms with E-state index in [-0.39, 0.29) is 0 Å². The van der Waals surface area contributed by atoms with E-state index in [4.69, 9.17) is 0 Å². The smallest absolute Gasteiger partial charge is 0.293 e. The number of hydrogen-bond donors (Lipinski definition) is 0. The van der Waals surface area contributed by atoms with Crippen LogP contribution >= 0.6 is 22.6 Å². The molecule has 0 aliphatic rings. The lowest BCUT2D eigenvalue weighted by molar-refractivity contribution is 0.417. The molecule has 0 aliphatic carbocycles. The molecule has 0 atom stereocenters. The molecule has 7 heteroatoms. The molecule has 0 aromatic rings. The maximum absolute atomic E-state index is 11.2. The Balaban J connectivity index is 4.86. The molecule has 0 aromatic heterocycles. The van der Waals surface area contributed by atoms with Crippen molar-refractivity contribution >= 4 is 32.7 Å². The quantitative estimate of drug-likeness (QED) is 0.527. The van der Waals surface area contributed by atoms with Gasteiger partial charge < -0.3 is 4.55 Å². The van der Waals surface area contributed by atoms with Gasteiger partial charge in [0.05, 0.1) is 0 Å². The van der Waals surface area contributed by atoms with Gasteiger partial charge in [-0.25, -0.2) is 8.42 Å². The molecule has 0 saturated carbocycles. The summed E-state index contributed by atoms with van der Waals surface area (Å²) in [6.45, 7) is 0. The van der Waals surface area contributed by atoms with Crippen LogP contribution in [0.4, 0.5) is 8.78 Å². The van der Waals surface area contributed by atoms with Gasteiger partial charge in [0, 0.05) is 0 Å². The third-order valence-corrected chi connectivity index (χ3v) is 2.99. The lowest BCUT2D eigenvalue weighted by Gasteiger charge is -2.01. The van der Waals surface area contributed by atoms with Gasteiger partial charge >= 0.3 is 0 Å². The Hall–Kier alpha value is 0.240. The number of rotatable bonds is 1. The van der Waals surface area contributed by atoms with Crippen molar-refractivity contribution in [3.8, 4) is 0 Å². The predicted octanol–water partition coefficient (Wildman–Crippen LogP) is 1.03. The van der Waals surface area contributed by atoms with Crippen LogP contribution in [0.15, 0.2) is 8.99 Å². The first-order valence-corrected chi connectivity index (χ1v) is 4.01. The Bertz CT molecular complexity index is 226. The molecule has 0 radical (unpaired) electrons. The van der Waals surface area contributed by atoms with Crippen LogP contribution in [0.1, 0.15) is 0 Å². The summed E-state index contributed by atoms with van der Waals surface area (Å²) in [6, 6.07) is 0. The van der Waals surface area contributed by atoms with Gasteiger partial charge in [0.15, 0.2) is 2.91 Å². The Labute approximate surface area is 63.6 Å². The molecule has 0 amide bonds. The van der Waals surface area contributed by atoms with Crippen molar-refractivity contribution in [3.05, 3.63) is 8.99 Å². The average Bonchev–Trinajstić information content (AvgIpc) is 1.62. The molecule has 0 aliphatic heterocycles. The van der Waals surface area contributed by atoms with Crippen LogP contribution in [0.5, 0.6) is 0 Å². The van der Waals surface area contributed by atoms with E-state index in [9.17, 15) is 21.8 Å². The van der Waals surface area contributed by atoms with Crippen molar-refractivity contribution in [2.24, 2.45) is 0 Å². The minimum absolute atomic E-state index is 0.767. The molecule has 0 aromatic carbocycles. The van der Waals surface area contributed by atoms with Crippen LogP contribution in [0.2, 0.25) is 0 Å². The van der Waals surface area contributed by atoms with E-state index in [0.29, 0.717) is 0 Å². The van der Waals surface area contributed by atoms with Gasteiger partial charge in [-0.3, -0.25) is 0 Å². The van der Waals surface area contributed by atoms with E-state index < -0.39 is 19.1 Å². The van der Waals surface area contributed by atoms with Crippen LogP contribution in [0.25, 0.3) is 0 Å². The molecule has 0 bridgehead atoms. The maximum Gasteiger partial charge on any atom is 0.293 e. The third kappa shape index (κ3) is 3.06. The minimum Gasteiger partial charge on any atom is -0.744 e. The van der Waals surface area contributed by atoms with Crippen molar-refractivity contribution in [1.82, 2.24) is 0 Å². The summed E-state index contributed by atoms with van der Waals surface area (Å²) in [5.74, 6) is 0. The highest BCUT2D eigenvalue weighted by Gasteiger charge is 2.07. The summed E-state index contributed by atoms with van der Waals surface area (Å²) < 4.78 is 50.0. The van der Waals surface area contributed by atoms with Gasteiger partial charge in [-0.05, 0) is 22.6 Å². The Kier molecular flexibility index (Phi) is 2.96. The van der Waals surface area contributed by atoms with Gasteiger partial charge in [-0.15, -0.1) is 0 Å². The molecule has 0 spiro atoms. The van der Waals surface area contributed by atoms with Gasteiger partial charge in [0.2, 0.25) is 0 Å². The van der Waals surface area contributed by atoms with Crippen LogP contribution in [-0.2, 0) is 10.1 Å². The lowest BCUT2D eigenvalue weighted by Crippen LogP contribution is -1.96. The second-order valence-electron chi connectivity index (χ2n) is 0.988. The maximum atomic E-state index is 11.2. The van der Waals surface area contributed by atoms with Gasteiger partial charge in [0.25, 0.3) is 6.08 Å². The lowest BCUT2D eigenvalue weighted by atomic mass is 11.1. The molecule has 3 nitrogen and oxygen atoms in total. The largest absolute Gasteiger partial charge is 0.744 e. The fraction of sp³-hybridized carbons (Fsp3) is 0. The van der Waals surface area contributed by atoms with Crippen LogP contribution in [0, 0.1) is 0 Å². The van der Waals surface area contributed by atoms with Crippen molar-refractivity contribution < 1.29 is 21.8 Å². The molecule has 0 heterocycles. The van der Waals surface area contributed by atoms with Crippen molar-refractivity contribution in [1.29, 1.82) is 0 Å². The van der Waals surface area contributed by atoms with Crippen LogP contribution < -0.4 is 0 Å². The summed E-state index contributed by atoms with van der Waals surface area (Å²) in [6.07, 6.45) is -2.47. The molecule has 0 saturated heterocycles. The third-order valence-electron chi connectivity index (χ3n) is 0.368. The van der Waals surface area contributed by atoms with Crippen molar-refractivity contribution in [3.63, 3.8) is 0 Å². The molecule has 0 unspecified atom stereocenters. The fourth-order valence-corrected chi connectivity index (χ4v) is 0.283. The first-order chi connectivity index (χ1) is 3.85. The summed E-state index contributed by atoms with van der Waals surface area (Å²) in [7, 11) is -4.94. The Morgan fingerprint density at radius 2 is 1.78 bits per heavy atom. The molecule has 0 N–H and O–H groups in total. The van der Waals surface area contributed by atoms with Crippen molar-refractivity contribution in [2.75, 3.05) is 0 Å². The zero-order valence-corrected chi connectivity index (χ0v) is 6.74. The summed E-state index contributed by atoms with van der Waals surface area (Å²) in [4.78, 5) is 0. The highest BCUT2D eigenvalue weighted by Crippen LogP contribution is 2.19. The van der Waals surface area contributed by atoms with Crippen molar-refractivity contribution in [2.45, 2.75) is 0 Å². The molecular formula is C2F2IO3S-. The molecular weight excluding hydrogens is 269 g/mol. The summed E-state index contributed by atoms with van der Waals surface area (Å²) >= 11 is 0.767. The van der Waals surface area contributed by atoms with Gasteiger partial charge in [-0.2, -0.15) is 8.78 Å². The zero-order valence-electron chi connectivity index (χ0n) is 3.77. The van der Waals surface area contributed by atoms with Crippen LogP contribution in [0.3, 0.4) is 0 Å². The average molecular weight is 269 g/mol. The van der Waals surface area contributed by atoms with E-state index in [1.807, 2.05) is 0 Å². The Morgan fingerprint density at radius 1 is 1.44 bits per heavy atom. The molecule has 0 fully saturated rings. The highest BCUT2D eigenvalue weighted by molar-refractivity contribution is 14.1. The second-order valence-corrected chi connectivity index (χ2v) is 4.12. The summed E-state index contributed by atoms with van der Waals surface area (Å²) in [5.41, 5.74) is 0. The first kappa shape index (κ1) is 9.24. The normalized spacial score (nSPS) is 11.1. The molecule has 0 rings (SSSR count). The highest BCUT2D eigenvalue weighted by atomic mass is 127. The van der Waals surface area contributed by atoms with E-state index >= 15 is 0 Å². The van der Waals surface area contributed by atoms with Crippen LogP contribution in [-0.4, -0.2) is 13.0 Å². The van der Waals surface area contributed by atoms with E-state index in [0.717, 1.165) is 22.6 Å². The fourth-order valence-electron chi connectivity index (χ4n) is 0.0945. The standard InChI is InChI=1S/C2HF2IO3S/c3-1(4)2(5)9(6,7)8/h(H,6,7,8)/p-1. The van der Waals surface area contributed by atoms with Gasteiger partial charge in [0.1, 0.15) is 10.1 Å². The number of hydrogen-bond acceptors (Lipinski definition) is 3. The predicted molar refractivity (Wildman–Crippen MR) is 33.0 cm³/mol. The minimum atomic E-state index is -4.94. The Morgan fingerprint density at radius 3 is 1.78 bits per heavy atom. The van der Waals surface area contributed by atoms with Gasteiger partial charge in [-0.1, -0.05) is 0 Å². The van der Waals surface area contributed by atoms with E-state index in [1.165, 1.54) is 0 Å². The monoisotopic (exact) mass is 269 g/mol. The molecule has 54 valence electrons. The first-order valence-electron chi connectivity index (χ1n) is 1.52. The molecule has 9 heavy (non-hydrogen) atoms. The number of halogens is 3. The van der Waals surface area contributed by atoms with E-state index in [1.54, 1.807) is 0 Å².